The second-order valence-corrected chi connectivity index (χ2v) is 6.77. The van der Waals surface area contributed by atoms with Crippen LogP contribution in [0.15, 0.2) is 24.3 Å². The molecule has 2 aliphatic heterocycles. The third-order valence-electron chi connectivity index (χ3n) is 5.12. The Bertz CT molecular complexity index is 526. The maximum atomic E-state index is 13.0. The summed E-state index contributed by atoms with van der Waals surface area (Å²) in [5.41, 5.74) is 1.14. The van der Waals surface area contributed by atoms with Crippen LogP contribution in [0.25, 0.3) is 0 Å². The monoisotopic (exact) mass is 319 g/mol. The van der Waals surface area contributed by atoms with Crippen molar-refractivity contribution < 1.29 is 9.18 Å². The molecule has 2 fully saturated rings. The molecule has 2 saturated heterocycles. The van der Waals surface area contributed by atoms with E-state index in [-0.39, 0.29) is 11.7 Å². The molecule has 0 unspecified atom stereocenters. The van der Waals surface area contributed by atoms with Gasteiger partial charge in [0.2, 0.25) is 5.91 Å². The number of rotatable bonds is 4. The lowest BCUT2D eigenvalue weighted by molar-refractivity contribution is -0.130. The van der Waals surface area contributed by atoms with Gasteiger partial charge in [-0.3, -0.25) is 4.79 Å². The van der Waals surface area contributed by atoms with Crippen molar-refractivity contribution in [3.8, 4) is 0 Å². The number of likely N-dealkylation sites (N-methyl/N-ethyl adjacent to an activating group) is 1. The standard InChI is InChI=1S/C18H26FN3O/c1-20-10-12-21(13-11-20)8-7-18(23)22-9-6-16(14-22)15-2-4-17(19)5-3-15/h2-5,16H,6-14H2,1H3/t16-/m1/s1. The van der Waals surface area contributed by atoms with E-state index in [1.807, 2.05) is 17.0 Å². The van der Waals surface area contributed by atoms with E-state index >= 15 is 0 Å². The van der Waals surface area contributed by atoms with Crippen LogP contribution < -0.4 is 0 Å². The van der Waals surface area contributed by atoms with E-state index in [0.717, 1.165) is 57.8 Å². The topological polar surface area (TPSA) is 26.8 Å². The summed E-state index contributed by atoms with van der Waals surface area (Å²) in [4.78, 5) is 19.1. The molecule has 2 heterocycles. The summed E-state index contributed by atoms with van der Waals surface area (Å²) < 4.78 is 13.0. The number of carbonyl (C=O) groups excluding carboxylic acids is 1. The van der Waals surface area contributed by atoms with Gasteiger partial charge in [0.25, 0.3) is 0 Å². The van der Waals surface area contributed by atoms with E-state index in [1.165, 1.54) is 12.1 Å². The van der Waals surface area contributed by atoms with E-state index in [9.17, 15) is 9.18 Å². The van der Waals surface area contributed by atoms with Crippen LogP contribution in [-0.4, -0.2) is 73.5 Å². The van der Waals surface area contributed by atoms with Crippen LogP contribution in [0.5, 0.6) is 0 Å². The summed E-state index contributed by atoms with van der Waals surface area (Å²) in [5, 5.41) is 0. The fraction of sp³-hybridized carbons (Fsp3) is 0.611. The van der Waals surface area contributed by atoms with Crippen molar-refractivity contribution in [3.63, 3.8) is 0 Å². The number of halogens is 1. The number of nitrogens with zero attached hydrogens (tertiary/aromatic N) is 3. The maximum absolute atomic E-state index is 13.0. The Morgan fingerprint density at radius 2 is 1.83 bits per heavy atom. The van der Waals surface area contributed by atoms with E-state index in [4.69, 9.17) is 0 Å². The molecule has 0 radical (unpaired) electrons. The van der Waals surface area contributed by atoms with Crippen molar-refractivity contribution in [1.82, 2.24) is 14.7 Å². The van der Waals surface area contributed by atoms with Crippen LogP contribution in [0.1, 0.15) is 24.3 Å². The molecular weight excluding hydrogens is 293 g/mol. The summed E-state index contributed by atoms with van der Waals surface area (Å²) in [6.07, 6.45) is 1.59. The van der Waals surface area contributed by atoms with Crippen molar-refractivity contribution in [2.24, 2.45) is 0 Å². The number of carbonyl (C=O) groups is 1. The number of benzene rings is 1. The molecule has 5 heteroatoms. The second-order valence-electron chi connectivity index (χ2n) is 6.77. The molecule has 0 bridgehead atoms. The van der Waals surface area contributed by atoms with Crippen molar-refractivity contribution in [2.75, 3.05) is 52.9 Å². The van der Waals surface area contributed by atoms with Gasteiger partial charge in [0, 0.05) is 58.2 Å². The summed E-state index contributed by atoms with van der Waals surface area (Å²) in [7, 11) is 2.14. The minimum atomic E-state index is -0.202. The zero-order chi connectivity index (χ0) is 16.2. The molecule has 1 atom stereocenters. The minimum absolute atomic E-state index is 0.202. The normalized spacial score (nSPS) is 23.4. The van der Waals surface area contributed by atoms with Crippen molar-refractivity contribution in [3.05, 3.63) is 35.6 Å². The molecule has 0 N–H and O–H groups in total. The van der Waals surface area contributed by atoms with Crippen LogP contribution in [0, 0.1) is 5.82 Å². The number of hydrogen-bond acceptors (Lipinski definition) is 3. The van der Waals surface area contributed by atoms with Gasteiger partial charge in [-0.1, -0.05) is 12.1 Å². The predicted molar refractivity (Wildman–Crippen MR) is 88.9 cm³/mol. The van der Waals surface area contributed by atoms with E-state index in [2.05, 4.69) is 16.8 Å². The Balaban J connectivity index is 1.45. The highest BCUT2D eigenvalue weighted by Gasteiger charge is 2.27. The van der Waals surface area contributed by atoms with Gasteiger partial charge in [-0.15, -0.1) is 0 Å². The Labute approximate surface area is 137 Å². The average molecular weight is 319 g/mol. The van der Waals surface area contributed by atoms with Gasteiger partial charge in [-0.05, 0) is 31.2 Å². The van der Waals surface area contributed by atoms with Crippen LogP contribution in [0.3, 0.4) is 0 Å². The molecule has 1 aromatic rings. The Hall–Kier alpha value is -1.46. The van der Waals surface area contributed by atoms with Gasteiger partial charge >= 0.3 is 0 Å². The molecular formula is C18H26FN3O. The summed E-state index contributed by atoms with van der Waals surface area (Å²) in [6, 6.07) is 6.71. The van der Waals surface area contributed by atoms with Crippen LogP contribution in [0.4, 0.5) is 4.39 Å². The largest absolute Gasteiger partial charge is 0.342 e. The highest BCUT2D eigenvalue weighted by atomic mass is 19.1. The molecule has 0 aliphatic carbocycles. The van der Waals surface area contributed by atoms with Gasteiger partial charge in [-0.2, -0.15) is 0 Å². The maximum Gasteiger partial charge on any atom is 0.223 e. The summed E-state index contributed by atoms with van der Waals surface area (Å²) in [6.45, 7) is 6.75. The van der Waals surface area contributed by atoms with Gasteiger partial charge in [0.15, 0.2) is 0 Å². The Morgan fingerprint density at radius 3 is 2.52 bits per heavy atom. The highest BCUT2D eigenvalue weighted by Crippen LogP contribution is 2.27. The van der Waals surface area contributed by atoms with E-state index < -0.39 is 0 Å². The fourth-order valence-electron chi connectivity index (χ4n) is 3.48. The lowest BCUT2D eigenvalue weighted by atomic mass is 9.99. The first-order valence-electron chi connectivity index (χ1n) is 8.56. The van der Waals surface area contributed by atoms with E-state index in [1.54, 1.807) is 0 Å². The Kier molecular flexibility index (Phi) is 5.28. The third-order valence-corrected chi connectivity index (χ3v) is 5.12. The first kappa shape index (κ1) is 16.4. The first-order valence-corrected chi connectivity index (χ1v) is 8.56. The molecule has 1 aromatic carbocycles. The van der Waals surface area contributed by atoms with Gasteiger partial charge in [0.1, 0.15) is 5.82 Å². The van der Waals surface area contributed by atoms with Gasteiger partial charge < -0.3 is 14.7 Å². The summed E-state index contributed by atoms with van der Waals surface area (Å²) in [5.74, 6) is 0.406. The minimum Gasteiger partial charge on any atom is -0.342 e. The number of amides is 1. The van der Waals surface area contributed by atoms with Crippen molar-refractivity contribution >= 4 is 5.91 Å². The number of piperazine rings is 1. The number of likely N-dealkylation sites (tertiary alicyclic amines) is 1. The molecule has 126 valence electrons. The van der Waals surface area contributed by atoms with E-state index in [0.29, 0.717) is 12.3 Å². The smallest absolute Gasteiger partial charge is 0.223 e. The van der Waals surface area contributed by atoms with Gasteiger partial charge in [0.05, 0.1) is 0 Å². The molecule has 3 rings (SSSR count). The molecule has 0 aromatic heterocycles. The number of hydrogen-bond donors (Lipinski definition) is 0. The predicted octanol–water partition coefficient (Wildman–Crippen LogP) is 1.78. The lowest BCUT2D eigenvalue weighted by Gasteiger charge is -2.32. The Morgan fingerprint density at radius 1 is 1.13 bits per heavy atom. The molecule has 2 aliphatic rings. The quantitative estimate of drug-likeness (QED) is 0.846. The van der Waals surface area contributed by atoms with Crippen LogP contribution in [-0.2, 0) is 4.79 Å². The molecule has 0 saturated carbocycles. The SMILES string of the molecule is CN1CCN(CCC(=O)N2CC[C@@H](c3ccc(F)cc3)C2)CC1. The van der Waals surface area contributed by atoms with Crippen molar-refractivity contribution in [1.29, 1.82) is 0 Å². The van der Waals surface area contributed by atoms with Gasteiger partial charge in [-0.25, -0.2) is 4.39 Å². The average Bonchev–Trinajstić information content (AvgIpc) is 3.05. The zero-order valence-electron chi connectivity index (χ0n) is 13.9. The molecule has 23 heavy (non-hydrogen) atoms. The lowest BCUT2D eigenvalue weighted by Crippen LogP contribution is -2.45. The van der Waals surface area contributed by atoms with Crippen LogP contribution >= 0.6 is 0 Å². The summed E-state index contributed by atoms with van der Waals surface area (Å²) >= 11 is 0. The molecule has 4 nitrogen and oxygen atoms in total. The second kappa shape index (κ2) is 7.41. The fourth-order valence-corrected chi connectivity index (χ4v) is 3.48. The van der Waals surface area contributed by atoms with Crippen LogP contribution in [0.2, 0.25) is 0 Å². The zero-order valence-corrected chi connectivity index (χ0v) is 13.9. The first-order chi connectivity index (χ1) is 11.1. The molecule has 0 spiro atoms. The molecule has 1 amide bonds. The van der Waals surface area contributed by atoms with Crippen molar-refractivity contribution in [2.45, 2.75) is 18.8 Å². The third kappa shape index (κ3) is 4.30. The highest BCUT2D eigenvalue weighted by molar-refractivity contribution is 5.76.